The van der Waals surface area contributed by atoms with E-state index < -0.39 is 0 Å². The van der Waals surface area contributed by atoms with Crippen LogP contribution in [0.1, 0.15) is 38.5 Å². The fraction of sp³-hybridized carbons (Fsp3) is 0.611. The third kappa shape index (κ3) is 3.96. The smallest absolute Gasteiger partial charge is 0.322 e. The van der Waals surface area contributed by atoms with Crippen molar-refractivity contribution >= 4 is 17.4 Å². The van der Waals surface area contributed by atoms with Crippen LogP contribution in [0.2, 0.25) is 0 Å². The maximum Gasteiger partial charge on any atom is 0.322 e. The lowest BCUT2D eigenvalue weighted by molar-refractivity contribution is 0.166. The number of benzene rings is 1. The summed E-state index contributed by atoms with van der Waals surface area (Å²) in [5.74, 6) is 0. The van der Waals surface area contributed by atoms with Crippen molar-refractivity contribution < 1.29 is 9.90 Å². The van der Waals surface area contributed by atoms with Gasteiger partial charge in [-0.3, -0.25) is 0 Å². The summed E-state index contributed by atoms with van der Waals surface area (Å²) in [6, 6.07) is 7.98. The van der Waals surface area contributed by atoms with Crippen molar-refractivity contribution in [1.82, 2.24) is 4.90 Å². The van der Waals surface area contributed by atoms with Gasteiger partial charge in [0.15, 0.2) is 0 Å². The van der Waals surface area contributed by atoms with Gasteiger partial charge in [-0.1, -0.05) is 18.9 Å². The Morgan fingerprint density at radius 2 is 1.91 bits per heavy atom. The van der Waals surface area contributed by atoms with Crippen LogP contribution in [-0.4, -0.2) is 48.3 Å². The number of anilines is 2. The van der Waals surface area contributed by atoms with E-state index in [1.807, 2.05) is 12.1 Å². The van der Waals surface area contributed by atoms with Crippen molar-refractivity contribution in [1.29, 1.82) is 0 Å². The SMILES string of the molecule is O=C(Nc1cccc(N2CCCCCC2)c1)N1CCCC1CO. The van der Waals surface area contributed by atoms with E-state index in [2.05, 4.69) is 22.3 Å². The minimum absolute atomic E-state index is 0.0382. The molecule has 126 valence electrons. The van der Waals surface area contributed by atoms with Gasteiger partial charge >= 0.3 is 6.03 Å². The van der Waals surface area contributed by atoms with E-state index in [-0.39, 0.29) is 18.7 Å². The highest BCUT2D eigenvalue weighted by Crippen LogP contribution is 2.24. The van der Waals surface area contributed by atoms with Crippen LogP contribution in [0.5, 0.6) is 0 Å². The Morgan fingerprint density at radius 3 is 2.65 bits per heavy atom. The van der Waals surface area contributed by atoms with E-state index in [9.17, 15) is 9.90 Å². The van der Waals surface area contributed by atoms with Crippen molar-refractivity contribution in [3.8, 4) is 0 Å². The molecule has 0 radical (unpaired) electrons. The Bertz CT molecular complexity index is 527. The van der Waals surface area contributed by atoms with Gasteiger partial charge in [-0.25, -0.2) is 4.79 Å². The molecule has 5 heteroatoms. The molecule has 0 bridgehead atoms. The molecule has 2 aliphatic heterocycles. The number of rotatable bonds is 3. The predicted octanol–water partition coefficient (Wildman–Crippen LogP) is 3.06. The van der Waals surface area contributed by atoms with Crippen LogP contribution in [-0.2, 0) is 0 Å². The molecule has 1 aromatic rings. The molecule has 0 spiro atoms. The summed E-state index contributed by atoms with van der Waals surface area (Å²) in [5, 5.41) is 12.4. The zero-order valence-electron chi connectivity index (χ0n) is 13.7. The van der Waals surface area contributed by atoms with Gasteiger partial charge in [0.2, 0.25) is 0 Å². The lowest BCUT2D eigenvalue weighted by atomic mass is 10.2. The largest absolute Gasteiger partial charge is 0.394 e. The summed E-state index contributed by atoms with van der Waals surface area (Å²) in [4.78, 5) is 16.6. The molecule has 1 atom stereocenters. The highest BCUT2D eigenvalue weighted by atomic mass is 16.3. The average molecular weight is 317 g/mol. The Hall–Kier alpha value is -1.75. The topological polar surface area (TPSA) is 55.8 Å². The molecule has 2 N–H and O–H groups in total. The molecule has 2 amide bonds. The van der Waals surface area contributed by atoms with Crippen molar-refractivity contribution in [2.45, 2.75) is 44.6 Å². The van der Waals surface area contributed by atoms with Crippen LogP contribution in [0.25, 0.3) is 0 Å². The second-order valence-electron chi connectivity index (χ2n) is 6.55. The molecule has 0 saturated carbocycles. The predicted molar refractivity (Wildman–Crippen MR) is 93.0 cm³/mol. The fourth-order valence-electron chi connectivity index (χ4n) is 3.60. The molecule has 23 heavy (non-hydrogen) atoms. The Kier molecular flexibility index (Phi) is 5.39. The van der Waals surface area contributed by atoms with Crippen molar-refractivity contribution in [2.24, 2.45) is 0 Å². The third-order valence-corrected chi connectivity index (χ3v) is 4.92. The fourth-order valence-corrected chi connectivity index (χ4v) is 3.60. The molecular weight excluding hydrogens is 290 g/mol. The van der Waals surface area contributed by atoms with Gasteiger partial charge in [-0.2, -0.15) is 0 Å². The summed E-state index contributed by atoms with van der Waals surface area (Å²) in [5.41, 5.74) is 2.02. The minimum atomic E-state index is -0.102. The van der Waals surface area contributed by atoms with Gasteiger partial charge < -0.3 is 20.2 Å². The summed E-state index contributed by atoms with van der Waals surface area (Å²) in [6.45, 7) is 2.95. The first-order valence-electron chi connectivity index (χ1n) is 8.81. The van der Waals surface area contributed by atoms with Crippen LogP contribution >= 0.6 is 0 Å². The normalized spacial score (nSPS) is 22.0. The zero-order valence-corrected chi connectivity index (χ0v) is 13.7. The Morgan fingerprint density at radius 1 is 1.13 bits per heavy atom. The maximum absolute atomic E-state index is 12.4. The monoisotopic (exact) mass is 317 g/mol. The maximum atomic E-state index is 12.4. The summed E-state index contributed by atoms with van der Waals surface area (Å²) >= 11 is 0. The first kappa shape index (κ1) is 16.1. The highest BCUT2D eigenvalue weighted by molar-refractivity contribution is 5.90. The van der Waals surface area contributed by atoms with Gasteiger partial charge in [0.1, 0.15) is 0 Å². The van der Waals surface area contributed by atoms with Crippen molar-refractivity contribution in [3.63, 3.8) is 0 Å². The summed E-state index contributed by atoms with van der Waals surface area (Å²) < 4.78 is 0. The molecule has 2 heterocycles. The molecule has 1 unspecified atom stereocenters. The van der Waals surface area contributed by atoms with Crippen LogP contribution in [0, 0.1) is 0 Å². The minimum Gasteiger partial charge on any atom is -0.394 e. The number of aliphatic hydroxyl groups excluding tert-OH is 1. The lowest BCUT2D eigenvalue weighted by Crippen LogP contribution is -2.40. The molecule has 0 aromatic heterocycles. The number of hydrogen-bond donors (Lipinski definition) is 2. The number of nitrogens with zero attached hydrogens (tertiary/aromatic N) is 2. The summed E-state index contributed by atoms with van der Waals surface area (Å²) in [6.07, 6.45) is 6.95. The second-order valence-corrected chi connectivity index (χ2v) is 6.55. The average Bonchev–Trinajstić information content (AvgIpc) is 2.89. The number of carbonyl (C=O) groups excluding carboxylic acids is 1. The van der Waals surface area contributed by atoms with Gasteiger partial charge in [0.25, 0.3) is 0 Å². The first-order chi connectivity index (χ1) is 11.3. The highest BCUT2D eigenvalue weighted by Gasteiger charge is 2.28. The lowest BCUT2D eigenvalue weighted by Gasteiger charge is -2.25. The molecule has 2 fully saturated rings. The molecule has 2 aliphatic rings. The van der Waals surface area contributed by atoms with Crippen molar-refractivity contribution in [3.05, 3.63) is 24.3 Å². The molecular formula is C18H27N3O2. The van der Waals surface area contributed by atoms with Crippen LogP contribution in [0.15, 0.2) is 24.3 Å². The van der Waals surface area contributed by atoms with E-state index >= 15 is 0 Å². The number of urea groups is 1. The number of hydrogen-bond acceptors (Lipinski definition) is 3. The van der Waals surface area contributed by atoms with Gasteiger partial charge in [0.05, 0.1) is 12.6 Å². The second kappa shape index (κ2) is 7.68. The van der Waals surface area contributed by atoms with Gasteiger partial charge in [-0.15, -0.1) is 0 Å². The van der Waals surface area contributed by atoms with E-state index in [0.29, 0.717) is 0 Å². The first-order valence-corrected chi connectivity index (χ1v) is 8.81. The zero-order chi connectivity index (χ0) is 16.1. The Labute approximate surface area is 138 Å². The van der Waals surface area contributed by atoms with Crippen molar-refractivity contribution in [2.75, 3.05) is 36.5 Å². The van der Waals surface area contributed by atoms with Crippen LogP contribution in [0.3, 0.4) is 0 Å². The number of nitrogens with one attached hydrogen (secondary N) is 1. The quantitative estimate of drug-likeness (QED) is 0.901. The standard InChI is InChI=1S/C18H27N3O2/c22-14-17-9-6-12-21(17)18(23)19-15-7-5-8-16(13-15)20-10-3-1-2-4-11-20/h5,7-8,13,17,22H,1-4,6,9-12,14H2,(H,19,23). The van der Waals surface area contributed by atoms with Gasteiger partial charge in [-0.05, 0) is 43.9 Å². The van der Waals surface area contributed by atoms with E-state index in [0.717, 1.165) is 38.2 Å². The molecule has 0 aliphatic carbocycles. The third-order valence-electron chi connectivity index (χ3n) is 4.92. The van der Waals surface area contributed by atoms with Crippen LogP contribution in [0.4, 0.5) is 16.2 Å². The van der Waals surface area contributed by atoms with E-state index in [4.69, 9.17) is 0 Å². The number of likely N-dealkylation sites (tertiary alicyclic amines) is 1. The number of amides is 2. The molecule has 3 rings (SSSR count). The number of aliphatic hydroxyl groups is 1. The number of carbonyl (C=O) groups is 1. The molecule has 1 aromatic carbocycles. The van der Waals surface area contributed by atoms with Crippen LogP contribution < -0.4 is 10.2 Å². The molecule has 5 nitrogen and oxygen atoms in total. The Balaban J connectivity index is 1.66. The van der Waals surface area contributed by atoms with Gasteiger partial charge in [0, 0.05) is 31.0 Å². The summed E-state index contributed by atoms with van der Waals surface area (Å²) in [7, 11) is 0. The molecule has 2 saturated heterocycles. The van der Waals surface area contributed by atoms with E-state index in [1.54, 1.807) is 4.90 Å². The van der Waals surface area contributed by atoms with E-state index in [1.165, 1.54) is 31.4 Å².